The van der Waals surface area contributed by atoms with Gasteiger partial charge in [0.15, 0.2) is 0 Å². The highest BCUT2D eigenvalue weighted by atomic mass is 32.1. The van der Waals surface area contributed by atoms with E-state index in [4.69, 9.17) is 4.98 Å². The van der Waals surface area contributed by atoms with Crippen molar-refractivity contribution in [3.8, 4) is 11.3 Å². The number of pyridine rings is 1. The van der Waals surface area contributed by atoms with Crippen molar-refractivity contribution < 1.29 is 4.79 Å². The van der Waals surface area contributed by atoms with Gasteiger partial charge in [-0.15, -0.1) is 11.3 Å². The molecule has 0 fully saturated rings. The summed E-state index contributed by atoms with van der Waals surface area (Å²) >= 11 is 1.59. The lowest BCUT2D eigenvalue weighted by Crippen LogP contribution is -2.18. The zero-order valence-corrected chi connectivity index (χ0v) is 19.0. The van der Waals surface area contributed by atoms with Crippen molar-refractivity contribution in [1.82, 2.24) is 10.4 Å². The fourth-order valence-corrected chi connectivity index (χ4v) is 4.23. The van der Waals surface area contributed by atoms with Crippen LogP contribution in [0.2, 0.25) is 0 Å². The standard InChI is InChI=1S/C26H25N3OS/c1-16(2)19-6-8-20(9-7-19)24-14-22(21-13-17(3)5-10-23(21)28-24)26(30)29-27-15-25-18(4)11-12-31-25/h5-16H,1-4H3,(H,29,30)/b27-15-. The van der Waals surface area contributed by atoms with Gasteiger partial charge in [0.25, 0.3) is 5.91 Å². The molecule has 4 nitrogen and oxygen atoms in total. The molecule has 0 spiro atoms. The molecule has 0 aliphatic heterocycles. The maximum atomic E-state index is 13.1. The summed E-state index contributed by atoms with van der Waals surface area (Å²) < 4.78 is 0. The van der Waals surface area contributed by atoms with Gasteiger partial charge >= 0.3 is 0 Å². The number of nitrogens with zero attached hydrogens (tertiary/aromatic N) is 2. The van der Waals surface area contributed by atoms with Crippen LogP contribution in [0.25, 0.3) is 22.2 Å². The molecular formula is C26H25N3OS. The van der Waals surface area contributed by atoms with E-state index in [0.717, 1.165) is 38.2 Å². The smallest absolute Gasteiger partial charge is 0.267 e. The molecule has 2 aromatic carbocycles. The molecule has 0 saturated carbocycles. The van der Waals surface area contributed by atoms with Crippen molar-refractivity contribution in [2.24, 2.45) is 5.10 Å². The Morgan fingerprint density at radius 1 is 1.06 bits per heavy atom. The van der Waals surface area contributed by atoms with E-state index in [2.05, 4.69) is 48.6 Å². The summed E-state index contributed by atoms with van der Waals surface area (Å²) in [7, 11) is 0. The minimum absolute atomic E-state index is 0.247. The molecule has 0 saturated heterocycles. The Hall–Kier alpha value is -3.31. The van der Waals surface area contributed by atoms with Crippen LogP contribution in [-0.2, 0) is 0 Å². The molecule has 4 rings (SSSR count). The number of thiophene rings is 1. The van der Waals surface area contributed by atoms with Crippen LogP contribution in [-0.4, -0.2) is 17.1 Å². The van der Waals surface area contributed by atoms with Crippen molar-refractivity contribution in [1.29, 1.82) is 0 Å². The van der Waals surface area contributed by atoms with Crippen molar-refractivity contribution >= 4 is 34.4 Å². The average molecular weight is 428 g/mol. The first-order valence-electron chi connectivity index (χ1n) is 10.3. The maximum Gasteiger partial charge on any atom is 0.272 e. The van der Waals surface area contributed by atoms with Gasteiger partial charge in [-0.05, 0) is 60.5 Å². The average Bonchev–Trinajstić information content (AvgIpc) is 3.17. The molecule has 5 heteroatoms. The Kier molecular flexibility index (Phi) is 5.96. The van der Waals surface area contributed by atoms with E-state index in [1.54, 1.807) is 17.6 Å². The molecular weight excluding hydrogens is 402 g/mol. The monoisotopic (exact) mass is 427 g/mol. The highest BCUT2D eigenvalue weighted by Gasteiger charge is 2.14. The molecule has 2 aromatic heterocycles. The van der Waals surface area contributed by atoms with Gasteiger partial charge < -0.3 is 0 Å². The SMILES string of the molecule is Cc1ccc2nc(-c3ccc(C(C)C)cc3)cc(C(=O)N/N=C\c3sccc3C)c2c1. The number of aromatic nitrogens is 1. The normalized spacial score (nSPS) is 11.5. The van der Waals surface area contributed by atoms with Gasteiger partial charge in [0.05, 0.1) is 23.0 Å². The zero-order chi connectivity index (χ0) is 22.0. The maximum absolute atomic E-state index is 13.1. The van der Waals surface area contributed by atoms with Crippen molar-refractivity contribution in [2.75, 3.05) is 0 Å². The van der Waals surface area contributed by atoms with E-state index in [1.165, 1.54) is 5.56 Å². The van der Waals surface area contributed by atoms with Crippen LogP contribution in [0.5, 0.6) is 0 Å². The minimum atomic E-state index is -0.247. The lowest BCUT2D eigenvalue weighted by Gasteiger charge is -2.11. The second-order valence-corrected chi connectivity index (χ2v) is 8.97. The third kappa shape index (κ3) is 4.57. The van der Waals surface area contributed by atoms with Crippen LogP contribution in [0, 0.1) is 13.8 Å². The Labute approximate surface area is 186 Å². The fraction of sp³-hybridized carbons (Fsp3) is 0.192. The van der Waals surface area contributed by atoms with E-state index in [9.17, 15) is 4.79 Å². The molecule has 156 valence electrons. The molecule has 0 radical (unpaired) electrons. The van der Waals surface area contributed by atoms with Crippen LogP contribution in [0.15, 0.2) is 65.1 Å². The second-order valence-electron chi connectivity index (χ2n) is 8.02. The third-order valence-electron chi connectivity index (χ3n) is 5.33. The summed E-state index contributed by atoms with van der Waals surface area (Å²) in [5.41, 5.74) is 9.30. The number of nitrogens with one attached hydrogen (secondary N) is 1. The van der Waals surface area contributed by atoms with Crippen molar-refractivity contribution in [2.45, 2.75) is 33.6 Å². The Balaban J connectivity index is 1.72. The first-order valence-corrected chi connectivity index (χ1v) is 11.2. The van der Waals surface area contributed by atoms with Gasteiger partial charge in [0, 0.05) is 15.8 Å². The van der Waals surface area contributed by atoms with E-state index in [0.29, 0.717) is 11.5 Å². The lowest BCUT2D eigenvalue weighted by atomic mass is 9.99. The van der Waals surface area contributed by atoms with Gasteiger partial charge in [-0.25, -0.2) is 10.4 Å². The number of hydrazone groups is 1. The van der Waals surface area contributed by atoms with Gasteiger partial charge in [0.1, 0.15) is 0 Å². The highest BCUT2D eigenvalue weighted by molar-refractivity contribution is 7.11. The molecule has 1 N–H and O–H groups in total. The fourth-order valence-electron chi connectivity index (χ4n) is 3.44. The summed E-state index contributed by atoms with van der Waals surface area (Å²) in [5.74, 6) is 0.219. The molecule has 31 heavy (non-hydrogen) atoms. The second kappa shape index (κ2) is 8.82. The van der Waals surface area contributed by atoms with Gasteiger partial charge in [-0.1, -0.05) is 49.7 Å². The van der Waals surface area contributed by atoms with Gasteiger partial charge in [-0.2, -0.15) is 5.10 Å². The molecule has 1 amide bonds. The number of amides is 1. The lowest BCUT2D eigenvalue weighted by molar-refractivity contribution is 0.0956. The molecule has 2 heterocycles. The van der Waals surface area contributed by atoms with E-state index in [1.807, 2.05) is 49.6 Å². The molecule has 0 bridgehead atoms. The topological polar surface area (TPSA) is 54.4 Å². The summed E-state index contributed by atoms with van der Waals surface area (Å²) in [5, 5.41) is 7.01. The largest absolute Gasteiger partial charge is 0.272 e. The van der Waals surface area contributed by atoms with E-state index in [-0.39, 0.29) is 5.91 Å². The number of benzene rings is 2. The van der Waals surface area contributed by atoms with Gasteiger partial charge in [-0.3, -0.25) is 4.79 Å². The highest BCUT2D eigenvalue weighted by Crippen LogP contribution is 2.27. The first kappa shape index (κ1) is 20.9. The third-order valence-corrected chi connectivity index (χ3v) is 6.29. The molecule has 0 aliphatic carbocycles. The minimum Gasteiger partial charge on any atom is -0.267 e. The summed E-state index contributed by atoms with van der Waals surface area (Å²) in [4.78, 5) is 18.9. The molecule has 0 atom stereocenters. The zero-order valence-electron chi connectivity index (χ0n) is 18.1. The number of carbonyl (C=O) groups is 1. The Bertz CT molecular complexity index is 1270. The van der Waals surface area contributed by atoms with Crippen LogP contribution in [0.1, 0.15) is 51.7 Å². The van der Waals surface area contributed by atoms with Gasteiger partial charge in [0.2, 0.25) is 0 Å². The van der Waals surface area contributed by atoms with E-state index < -0.39 is 0 Å². The Morgan fingerprint density at radius 2 is 1.84 bits per heavy atom. The molecule has 4 aromatic rings. The van der Waals surface area contributed by atoms with Crippen LogP contribution < -0.4 is 5.43 Å². The number of carbonyl (C=O) groups excluding carboxylic acids is 1. The quantitative estimate of drug-likeness (QED) is 0.293. The molecule has 0 aliphatic rings. The number of fused-ring (bicyclic) bond motifs is 1. The number of aryl methyl sites for hydroxylation is 2. The van der Waals surface area contributed by atoms with Crippen LogP contribution in [0.4, 0.5) is 0 Å². The predicted molar refractivity (Wildman–Crippen MR) is 130 cm³/mol. The first-order chi connectivity index (χ1) is 14.9. The summed E-state index contributed by atoms with van der Waals surface area (Å²) in [6.45, 7) is 8.38. The van der Waals surface area contributed by atoms with E-state index >= 15 is 0 Å². The summed E-state index contributed by atoms with van der Waals surface area (Å²) in [6.07, 6.45) is 1.69. The van der Waals surface area contributed by atoms with Crippen molar-refractivity contribution in [3.63, 3.8) is 0 Å². The summed E-state index contributed by atoms with van der Waals surface area (Å²) in [6, 6.07) is 18.2. The van der Waals surface area contributed by atoms with Crippen LogP contribution >= 0.6 is 11.3 Å². The number of hydrogen-bond acceptors (Lipinski definition) is 4. The number of hydrogen-bond donors (Lipinski definition) is 1. The molecule has 0 unspecified atom stereocenters. The Morgan fingerprint density at radius 3 is 2.52 bits per heavy atom. The predicted octanol–water partition coefficient (Wildman–Crippen LogP) is 6.47. The number of rotatable bonds is 5. The van der Waals surface area contributed by atoms with Crippen LogP contribution in [0.3, 0.4) is 0 Å². The van der Waals surface area contributed by atoms with Crippen molar-refractivity contribution in [3.05, 3.63) is 87.1 Å².